The molecule has 1 atom stereocenters. The van der Waals surface area contributed by atoms with Crippen LogP contribution in [0.4, 0.5) is 18.0 Å². The molecule has 198 valence electrons. The number of aromatic nitrogens is 1. The molecule has 8 nitrogen and oxygen atoms in total. The van der Waals surface area contributed by atoms with Crippen LogP contribution in [-0.4, -0.2) is 34.1 Å². The molecule has 0 radical (unpaired) electrons. The van der Waals surface area contributed by atoms with Crippen LogP contribution >= 0.6 is 11.3 Å². The van der Waals surface area contributed by atoms with Gasteiger partial charge in [-0.15, -0.1) is 11.3 Å². The molecule has 0 aliphatic carbocycles. The fourth-order valence-electron chi connectivity index (χ4n) is 3.13. The molecule has 0 saturated carbocycles. The molecule has 1 amide bonds. The summed E-state index contributed by atoms with van der Waals surface area (Å²) in [5.41, 5.74) is 8.86. The van der Waals surface area contributed by atoms with Crippen molar-refractivity contribution < 1.29 is 37.4 Å². The lowest BCUT2D eigenvalue weighted by atomic mass is 10.0. The number of alkyl carbamates (subject to hydrolysis) is 1. The number of hydrogen-bond acceptors (Lipinski definition) is 7. The Hall–Kier alpha value is -4.29. The molecule has 1 aromatic heterocycles. The average molecular weight is 546 g/mol. The smallest absolute Gasteiger partial charge is 0.475 e. The van der Waals surface area contributed by atoms with E-state index in [-0.39, 0.29) is 12.4 Å². The van der Waals surface area contributed by atoms with Crippen molar-refractivity contribution >= 4 is 39.4 Å². The number of ketones is 1. The molecule has 4 rings (SSSR count). The second-order valence-corrected chi connectivity index (χ2v) is 8.77. The van der Waals surface area contributed by atoms with E-state index in [0.29, 0.717) is 17.1 Å². The molecule has 38 heavy (non-hydrogen) atoms. The van der Waals surface area contributed by atoms with Gasteiger partial charge in [-0.2, -0.15) is 13.2 Å². The van der Waals surface area contributed by atoms with Gasteiger partial charge in [0.15, 0.2) is 5.01 Å². The molecule has 0 bridgehead atoms. The normalized spacial score (nSPS) is 11.7. The quantitative estimate of drug-likeness (QED) is 0.271. The first-order chi connectivity index (χ1) is 18.1. The summed E-state index contributed by atoms with van der Waals surface area (Å²) in [6.45, 7) is 0.504. The van der Waals surface area contributed by atoms with Crippen LogP contribution in [-0.2, 0) is 22.7 Å². The lowest BCUT2D eigenvalue weighted by molar-refractivity contribution is -0.192. The molecule has 0 saturated heterocycles. The van der Waals surface area contributed by atoms with Gasteiger partial charge < -0.3 is 20.9 Å². The van der Waals surface area contributed by atoms with E-state index in [4.69, 9.17) is 20.4 Å². The lowest BCUT2D eigenvalue weighted by Crippen LogP contribution is -2.34. The highest BCUT2D eigenvalue weighted by Gasteiger charge is 2.38. The Balaban J connectivity index is 0.000000505. The molecule has 0 fully saturated rings. The number of carboxylic acids is 1. The molecular formula is C26H22F3N3O5S. The van der Waals surface area contributed by atoms with Gasteiger partial charge in [-0.1, -0.05) is 66.7 Å². The summed E-state index contributed by atoms with van der Waals surface area (Å²) in [6, 6.07) is 23.2. The average Bonchev–Trinajstić information content (AvgIpc) is 3.35. The number of hydrogen-bond donors (Lipinski definition) is 3. The number of halogens is 3. The SMILES string of the molecule is NCc1ccc(C(NC(=O)OCc2ccccc2)C(=O)c2nc3ccccc3s2)cc1.O=C(O)C(F)(F)F. The van der Waals surface area contributed by atoms with E-state index in [1.165, 1.54) is 11.3 Å². The van der Waals surface area contributed by atoms with Crippen molar-refractivity contribution in [1.29, 1.82) is 0 Å². The minimum absolute atomic E-state index is 0.112. The number of para-hydroxylation sites is 1. The summed E-state index contributed by atoms with van der Waals surface area (Å²) < 4.78 is 38.0. The van der Waals surface area contributed by atoms with Crippen molar-refractivity contribution in [2.45, 2.75) is 25.4 Å². The number of amides is 1. The molecule has 0 aliphatic rings. The summed E-state index contributed by atoms with van der Waals surface area (Å²) in [6.07, 6.45) is -5.76. The van der Waals surface area contributed by atoms with Gasteiger partial charge in [0, 0.05) is 6.54 Å². The third-order valence-electron chi connectivity index (χ3n) is 5.03. The number of rotatable bonds is 7. The third kappa shape index (κ3) is 7.85. The van der Waals surface area contributed by atoms with E-state index >= 15 is 0 Å². The topological polar surface area (TPSA) is 132 Å². The Kier molecular flexibility index (Phi) is 9.52. The van der Waals surface area contributed by atoms with Crippen LogP contribution in [0.1, 0.15) is 32.5 Å². The lowest BCUT2D eigenvalue weighted by Gasteiger charge is -2.17. The standard InChI is InChI=1S/C24H21N3O3S.C2HF3O2/c25-14-16-10-12-18(13-11-16)21(27-24(29)30-15-17-6-2-1-3-7-17)22(28)23-26-19-8-4-5-9-20(19)31-23;3-2(4,5)1(6)7/h1-13,21H,14-15,25H2,(H,27,29);(H,6,7). The van der Waals surface area contributed by atoms with Crippen LogP contribution in [0.3, 0.4) is 0 Å². The Morgan fingerprint density at radius 3 is 2.13 bits per heavy atom. The fourth-order valence-corrected chi connectivity index (χ4v) is 4.07. The molecule has 12 heteroatoms. The maximum atomic E-state index is 13.3. The Labute approximate surface area is 218 Å². The monoisotopic (exact) mass is 545 g/mol. The zero-order chi connectivity index (χ0) is 27.7. The molecule has 4 aromatic rings. The van der Waals surface area contributed by atoms with Crippen LogP contribution in [0.25, 0.3) is 10.2 Å². The highest BCUT2D eigenvalue weighted by molar-refractivity contribution is 7.20. The van der Waals surface area contributed by atoms with Gasteiger partial charge >= 0.3 is 18.2 Å². The number of nitrogens with two attached hydrogens (primary N) is 1. The van der Waals surface area contributed by atoms with Crippen LogP contribution in [0.2, 0.25) is 0 Å². The highest BCUT2D eigenvalue weighted by Crippen LogP contribution is 2.27. The zero-order valence-corrected chi connectivity index (χ0v) is 20.5. The largest absolute Gasteiger partial charge is 0.490 e. The van der Waals surface area contributed by atoms with Gasteiger partial charge in [0.1, 0.15) is 12.6 Å². The maximum Gasteiger partial charge on any atom is 0.490 e. The number of carbonyl (C=O) groups is 3. The molecule has 1 heterocycles. The zero-order valence-electron chi connectivity index (χ0n) is 19.6. The number of fused-ring (bicyclic) bond motifs is 1. The van der Waals surface area contributed by atoms with Gasteiger partial charge in [0.05, 0.1) is 10.2 Å². The van der Waals surface area contributed by atoms with E-state index in [2.05, 4.69) is 10.3 Å². The molecule has 1 unspecified atom stereocenters. The molecular weight excluding hydrogens is 523 g/mol. The van der Waals surface area contributed by atoms with Gasteiger partial charge in [-0.3, -0.25) is 4.79 Å². The van der Waals surface area contributed by atoms with Gasteiger partial charge in [0.2, 0.25) is 5.78 Å². The summed E-state index contributed by atoms with van der Waals surface area (Å²) in [7, 11) is 0. The molecule has 4 N–H and O–H groups in total. The molecule has 3 aromatic carbocycles. The van der Waals surface area contributed by atoms with Crippen molar-refractivity contribution in [3.05, 3.63) is 101 Å². The van der Waals surface area contributed by atoms with E-state index in [0.717, 1.165) is 21.3 Å². The Morgan fingerprint density at radius 2 is 1.55 bits per heavy atom. The summed E-state index contributed by atoms with van der Waals surface area (Å²) in [5, 5.41) is 10.2. The highest BCUT2D eigenvalue weighted by atomic mass is 32.1. The summed E-state index contributed by atoms with van der Waals surface area (Å²) in [4.78, 5) is 39.2. The number of aliphatic carboxylic acids is 1. The Bertz CT molecular complexity index is 1360. The van der Waals surface area contributed by atoms with Crippen LogP contribution < -0.4 is 11.1 Å². The Morgan fingerprint density at radius 1 is 0.947 bits per heavy atom. The van der Waals surface area contributed by atoms with Gasteiger partial charge in [-0.25, -0.2) is 14.6 Å². The van der Waals surface area contributed by atoms with Crippen molar-refractivity contribution in [2.24, 2.45) is 5.73 Å². The molecule has 0 aliphatic heterocycles. The summed E-state index contributed by atoms with van der Waals surface area (Å²) in [5.74, 6) is -3.05. The second-order valence-electron chi connectivity index (χ2n) is 7.74. The second kappa shape index (κ2) is 12.8. The predicted octanol–water partition coefficient (Wildman–Crippen LogP) is 5.24. The number of nitrogens with one attached hydrogen (secondary N) is 1. The van der Waals surface area contributed by atoms with Crippen molar-refractivity contribution in [1.82, 2.24) is 10.3 Å². The number of alkyl halides is 3. The third-order valence-corrected chi connectivity index (χ3v) is 6.08. The maximum absolute atomic E-state index is 13.3. The number of carbonyl (C=O) groups excluding carboxylic acids is 2. The minimum Gasteiger partial charge on any atom is -0.475 e. The number of benzene rings is 3. The number of Topliss-reactive ketones (excluding diaryl/α,β-unsaturated/α-hetero) is 1. The van der Waals surface area contributed by atoms with Crippen molar-refractivity contribution in [2.75, 3.05) is 0 Å². The van der Waals surface area contributed by atoms with Crippen LogP contribution in [0, 0.1) is 0 Å². The predicted molar refractivity (Wildman–Crippen MR) is 134 cm³/mol. The van der Waals surface area contributed by atoms with E-state index in [1.54, 1.807) is 12.1 Å². The number of thiazole rings is 1. The van der Waals surface area contributed by atoms with Crippen molar-refractivity contribution in [3.8, 4) is 0 Å². The van der Waals surface area contributed by atoms with Gasteiger partial charge in [-0.05, 0) is 28.8 Å². The van der Waals surface area contributed by atoms with E-state index in [9.17, 15) is 22.8 Å². The fraction of sp³-hybridized carbons (Fsp3) is 0.154. The van der Waals surface area contributed by atoms with E-state index in [1.807, 2.05) is 66.7 Å². The first-order valence-corrected chi connectivity index (χ1v) is 11.9. The first-order valence-electron chi connectivity index (χ1n) is 11.0. The minimum atomic E-state index is -5.08. The van der Waals surface area contributed by atoms with Crippen LogP contribution in [0.15, 0.2) is 78.9 Å². The van der Waals surface area contributed by atoms with Gasteiger partial charge in [0.25, 0.3) is 0 Å². The van der Waals surface area contributed by atoms with Crippen molar-refractivity contribution in [3.63, 3.8) is 0 Å². The molecule has 0 spiro atoms. The number of carboxylic acid groups (broad SMARTS) is 1. The number of nitrogens with zero attached hydrogens (tertiary/aromatic N) is 1. The van der Waals surface area contributed by atoms with Crippen LogP contribution in [0.5, 0.6) is 0 Å². The van der Waals surface area contributed by atoms with E-state index < -0.39 is 24.3 Å². The number of ether oxygens (including phenoxy) is 1. The summed E-state index contributed by atoms with van der Waals surface area (Å²) >= 11 is 1.30. The first kappa shape index (κ1) is 28.3.